The van der Waals surface area contributed by atoms with E-state index in [4.69, 9.17) is 9.47 Å². The van der Waals surface area contributed by atoms with Crippen molar-refractivity contribution in [2.75, 3.05) is 57.9 Å². The Morgan fingerprint density at radius 3 is 2.71 bits per heavy atom. The monoisotopic (exact) mass is 516 g/mol. The molecule has 3 aromatic rings. The minimum absolute atomic E-state index is 0.0985. The molecule has 38 heavy (non-hydrogen) atoms. The van der Waals surface area contributed by atoms with E-state index < -0.39 is 0 Å². The van der Waals surface area contributed by atoms with Crippen molar-refractivity contribution in [1.82, 2.24) is 14.4 Å². The third-order valence-corrected chi connectivity index (χ3v) is 8.69. The van der Waals surface area contributed by atoms with E-state index in [1.807, 2.05) is 23.1 Å². The Kier molecular flexibility index (Phi) is 7.20. The van der Waals surface area contributed by atoms with Crippen molar-refractivity contribution in [3.8, 4) is 11.5 Å². The van der Waals surface area contributed by atoms with Gasteiger partial charge in [-0.05, 0) is 88.0 Å². The summed E-state index contributed by atoms with van der Waals surface area (Å²) in [7, 11) is 2.06. The van der Waals surface area contributed by atoms with Crippen LogP contribution in [0.3, 0.4) is 0 Å². The number of likely N-dealkylation sites (tertiary alicyclic amines) is 2. The lowest BCUT2D eigenvalue weighted by Crippen LogP contribution is -2.39. The fourth-order valence-electron chi connectivity index (χ4n) is 6.35. The average Bonchev–Trinajstić information content (AvgIpc) is 3.56. The van der Waals surface area contributed by atoms with E-state index in [1.165, 1.54) is 30.3 Å². The number of hydrogen-bond donors (Lipinski definition) is 0. The smallest absolute Gasteiger partial charge is 0.253 e. The molecule has 6 rings (SSSR count). The van der Waals surface area contributed by atoms with Gasteiger partial charge in [-0.25, -0.2) is 0 Å². The molecule has 0 radical (unpaired) electrons. The molecule has 0 aliphatic carbocycles. The molecule has 0 spiro atoms. The van der Waals surface area contributed by atoms with Gasteiger partial charge < -0.3 is 28.7 Å². The Hall–Kier alpha value is -3.19. The Labute approximate surface area is 225 Å². The van der Waals surface area contributed by atoms with Gasteiger partial charge in [0.25, 0.3) is 5.91 Å². The van der Waals surface area contributed by atoms with Crippen LogP contribution in [-0.2, 0) is 0 Å². The van der Waals surface area contributed by atoms with Crippen molar-refractivity contribution in [1.29, 1.82) is 0 Å². The normalized spacial score (nSPS) is 20.5. The Balaban J connectivity index is 1.03. The molecule has 0 bridgehead atoms. The Morgan fingerprint density at radius 2 is 1.89 bits per heavy atom. The maximum absolute atomic E-state index is 13.2. The highest BCUT2D eigenvalue weighted by atomic mass is 16.5. The highest BCUT2D eigenvalue weighted by Gasteiger charge is 2.26. The molecule has 1 atom stereocenters. The van der Waals surface area contributed by atoms with Crippen LogP contribution in [-0.4, -0.2) is 79.3 Å². The number of nitrogens with zero attached hydrogens (tertiary/aromatic N) is 4. The summed E-state index contributed by atoms with van der Waals surface area (Å²) >= 11 is 0. The van der Waals surface area contributed by atoms with Gasteiger partial charge in [-0.2, -0.15) is 0 Å². The molecule has 0 N–H and O–H groups in total. The first kappa shape index (κ1) is 25.1. The summed E-state index contributed by atoms with van der Waals surface area (Å²) in [6, 6.07) is 15.6. The van der Waals surface area contributed by atoms with E-state index in [-0.39, 0.29) is 5.91 Å². The number of piperidine rings is 1. The third kappa shape index (κ3) is 5.08. The quantitative estimate of drug-likeness (QED) is 0.404. The van der Waals surface area contributed by atoms with Crippen molar-refractivity contribution < 1.29 is 14.3 Å². The molecule has 7 nitrogen and oxygen atoms in total. The molecule has 2 saturated heterocycles. The lowest BCUT2D eigenvalue weighted by molar-refractivity contribution is 0.0695. The average molecular weight is 517 g/mol. The van der Waals surface area contributed by atoms with Crippen molar-refractivity contribution in [3.63, 3.8) is 0 Å². The van der Waals surface area contributed by atoms with Crippen molar-refractivity contribution in [3.05, 3.63) is 54.2 Å². The molecular formula is C31H40N4O3. The molecule has 7 heteroatoms. The second-order valence-corrected chi connectivity index (χ2v) is 11.1. The molecule has 1 amide bonds. The lowest BCUT2D eigenvalue weighted by atomic mass is 10.0. The third-order valence-electron chi connectivity index (χ3n) is 8.69. The lowest BCUT2D eigenvalue weighted by Gasteiger charge is -2.33. The molecule has 4 heterocycles. The largest absolute Gasteiger partial charge is 0.494 e. The molecule has 2 fully saturated rings. The molecule has 2 aromatic carbocycles. The zero-order valence-corrected chi connectivity index (χ0v) is 22.8. The van der Waals surface area contributed by atoms with Crippen molar-refractivity contribution in [2.45, 2.75) is 51.1 Å². The van der Waals surface area contributed by atoms with Crippen LogP contribution in [0.5, 0.6) is 11.5 Å². The van der Waals surface area contributed by atoms with Crippen LogP contribution in [0.25, 0.3) is 10.9 Å². The Bertz CT molecular complexity index is 1280. The number of aromatic nitrogens is 1. The molecular weight excluding hydrogens is 476 g/mol. The number of benzene rings is 2. The van der Waals surface area contributed by atoms with E-state index in [9.17, 15) is 4.79 Å². The topological polar surface area (TPSA) is 50.2 Å². The molecule has 3 aliphatic rings. The SMILES string of the molecule is C[C@@H]1CCCN1CCCOc1ccc2c(ccn2C2CCN(C(=O)c3ccc4c(c3)OCCN4C)CC2)c1. The summed E-state index contributed by atoms with van der Waals surface area (Å²) in [4.78, 5) is 20.0. The number of carbonyl (C=O) groups is 1. The predicted molar refractivity (Wildman–Crippen MR) is 152 cm³/mol. The van der Waals surface area contributed by atoms with Crippen LogP contribution in [0.4, 0.5) is 5.69 Å². The maximum atomic E-state index is 13.2. The summed E-state index contributed by atoms with van der Waals surface area (Å²) in [6.07, 6.45) is 7.82. The standard InChI is InChI=1S/C31H40N4O3/c1-23-5-3-13-33(23)14-4-19-37-27-7-9-28-24(21-27)10-17-35(28)26-11-15-34(16-12-26)31(36)25-6-8-29-30(22-25)38-20-18-32(29)2/h6-10,17,21-23,26H,3-5,11-16,18-20H2,1-2H3/t23-/m1/s1. The second-order valence-electron chi connectivity index (χ2n) is 11.1. The van der Waals surface area contributed by atoms with E-state index >= 15 is 0 Å². The maximum Gasteiger partial charge on any atom is 0.253 e. The van der Waals surface area contributed by atoms with Gasteiger partial charge in [-0.3, -0.25) is 4.79 Å². The van der Waals surface area contributed by atoms with Gasteiger partial charge in [0.15, 0.2) is 0 Å². The zero-order valence-electron chi connectivity index (χ0n) is 22.8. The number of fused-ring (bicyclic) bond motifs is 2. The summed E-state index contributed by atoms with van der Waals surface area (Å²) in [5, 5.41) is 1.22. The van der Waals surface area contributed by atoms with Gasteiger partial charge >= 0.3 is 0 Å². The van der Waals surface area contributed by atoms with Gasteiger partial charge in [0.05, 0.1) is 18.8 Å². The van der Waals surface area contributed by atoms with Gasteiger partial charge in [0, 0.05) is 61.4 Å². The molecule has 0 unspecified atom stereocenters. The van der Waals surface area contributed by atoms with Gasteiger partial charge in [-0.1, -0.05) is 0 Å². The first-order chi connectivity index (χ1) is 18.6. The first-order valence-corrected chi connectivity index (χ1v) is 14.3. The van der Waals surface area contributed by atoms with Crippen LogP contribution in [0.1, 0.15) is 55.4 Å². The van der Waals surface area contributed by atoms with Crippen LogP contribution in [0, 0.1) is 0 Å². The van der Waals surface area contributed by atoms with Crippen LogP contribution >= 0.6 is 0 Å². The second kappa shape index (κ2) is 10.9. The number of anilines is 1. The van der Waals surface area contributed by atoms with Crippen molar-refractivity contribution >= 4 is 22.5 Å². The summed E-state index contributed by atoms with van der Waals surface area (Å²) < 4.78 is 14.3. The number of rotatable bonds is 7. The van der Waals surface area contributed by atoms with Gasteiger partial charge in [0.1, 0.15) is 18.1 Å². The highest BCUT2D eigenvalue weighted by Crippen LogP contribution is 2.33. The molecule has 3 aliphatic heterocycles. The van der Waals surface area contributed by atoms with E-state index in [1.54, 1.807) is 0 Å². The van der Waals surface area contributed by atoms with Crippen LogP contribution in [0.15, 0.2) is 48.7 Å². The number of ether oxygens (including phenoxy) is 2. The van der Waals surface area contributed by atoms with E-state index in [2.05, 4.69) is 58.8 Å². The zero-order chi connectivity index (χ0) is 26.1. The summed E-state index contributed by atoms with van der Waals surface area (Å²) in [5.74, 6) is 1.86. The number of likely N-dealkylation sites (N-methyl/N-ethyl adjacent to an activating group) is 1. The van der Waals surface area contributed by atoms with Gasteiger partial charge in [-0.15, -0.1) is 0 Å². The predicted octanol–water partition coefficient (Wildman–Crippen LogP) is 5.20. The summed E-state index contributed by atoms with van der Waals surface area (Å²) in [5.41, 5.74) is 3.01. The minimum Gasteiger partial charge on any atom is -0.494 e. The fraction of sp³-hybridized carbons (Fsp3) is 0.516. The van der Waals surface area contributed by atoms with Crippen molar-refractivity contribution in [2.24, 2.45) is 0 Å². The van der Waals surface area contributed by atoms with Gasteiger partial charge in [0.2, 0.25) is 0 Å². The molecule has 202 valence electrons. The first-order valence-electron chi connectivity index (χ1n) is 14.3. The number of carbonyl (C=O) groups excluding carboxylic acids is 1. The Morgan fingerprint density at radius 1 is 1.03 bits per heavy atom. The molecule has 1 aromatic heterocycles. The van der Waals surface area contributed by atoms with Crippen LogP contribution < -0.4 is 14.4 Å². The van der Waals surface area contributed by atoms with E-state index in [0.717, 1.165) is 75.3 Å². The fourth-order valence-corrected chi connectivity index (χ4v) is 6.35. The van der Waals surface area contributed by atoms with E-state index in [0.29, 0.717) is 18.2 Å². The number of amides is 1. The highest BCUT2D eigenvalue weighted by molar-refractivity contribution is 5.95. The van der Waals surface area contributed by atoms with Crippen LogP contribution in [0.2, 0.25) is 0 Å². The molecule has 0 saturated carbocycles. The minimum atomic E-state index is 0.0985. The summed E-state index contributed by atoms with van der Waals surface area (Å²) in [6.45, 7) is 8.49. The number of hydrogen-bond acceptors (Lipinski definition) is 5.